The smallest absolute Gasteiger partial charge is 0.325 e. The SMILES string of the molecule is COc1cccc([C@H](C(=O)O)N2CCNCC2)c1. The van der Waals surface area contributed by atoms with Crippen molar-refractivity contribution in [1.29, 1.82) is 0 Å². The van der Waals surface area contributed by atoms with E-state index in [2.05, 4.69) is 5.32 Å². The standard InChI is InChI=1S/C13H18N2O3/c1-18-11-4-2-3-10(9-11)12(13(16)17)15-7-5-14-6-8-15/h2-4,9,12,14H,5-8H2,1H3,(H,16,17)/t12-/m1/s1. The maximum atomic E-state index is 11.5. The summed E-state index contributed by atoms with van der Waals surface area (Å²) in [6, 6.07) is 6.68. The minimum atomic E-state index is -0.815. The highest BCUT2D eigenvalue weighted by Crippen LogP contribution is 2.24. The third-order valence-corrected chi connectivity index (χ3v) is 3.16. The molecule has 0 spiro atoms. The molecular weight excluding hydrogens is 232 g/mol. The van der Waals surface area contributed by atoms with Crippen LogP contribution in [0, 0.1) is 0 Å². The molecule has 0 saturated carbocycles. The summed E-state index contributed by atoms with van der Waals surface area (Å²) in [4.78, 5) is 13.5. The van der Waals surface area contributed by atoms with Gasteiger partial charge in [0, 0.05) is 26.2 Å². The first kappa shape index (κ1) is 12.9. The largest absolute Gasteiger partial charge is 0.497 e. The highest BCUT2D eigenvalue weighted by molar-refractivity contribution is 5.75. The van der Waals surface area contributed by atoms with E-state index < -0.39 is 12.0 Å². The lowest BCUT2D eigenvalue weighted by molar-refractivity contribution is -0.143. The molecule has 18 heavy (non-hydrogen) atoms. The van der Waals surface area contributed by atoms with Crippen molar-refractivity contribution in [1.82, 2.24) is 10.2 Å². The third-order valence-electron chi connectivity index (χ3n) is 3.16. The molecule has 1 aromatic rings. The lowest BCUT2D eigenvalue weighted by atomic mass is 10.0. The second-order valence-corrected chi connectivity index (χ2v) is 4.30. The molecule has 0 aliphatic carbocycles. The maximum absolute atomic E-state index is 11.5. The van der Waals surface area contributed by atoms with Gasteiger partial charge in [-0.25, -0.2) is 0 Å². The van der Waals surface area contributed by atoms with E-state index in [9.17, 15) is 9.90 Å². The predicted molar refractivity (Wildman–Crippen MR) is 67.8 cm³/mol. The van der Waals surface area contributed by atoms with Gasteiger partial charge in [0.1, 0.15) is 11.8 Å². The summed E-state index contributed by atoms with van der Waals surface area (Å²) < 4.78 is 5.15. The number of carbonyl (C=O) groups is 1. The second-order valence-electron chi connectivity index (χ2n) is 4.30. The van der Waals surface area contributed by atoms with Gasteiger partial charge in [-0.3, -0.25) is 9.69 Å². The van der Waals surface area contributed by atoms with E-state index in [1.54, 1.807) is 13.2 Å². The molecule has 0 radical (unpaired) electrons. The van der Waals surface area contributed by atoms with E-state index in [-0.39, 0.29) is 0 Å². The summed E-state index contributed by atoms with van der Waals surface area (Å²) >= 11 is 0. The van der Waals surface area contributed by atoms with Gasteiger partial charge < -0.3 is 15.2 Å². The predicted octanol–water partition coefficient (Wildman–Crippen LogP) is 0.726. The van der Waals surface area contributed by atoms with Crippen LogP contribution in [0.25, 0.3) is 0 Å². The number of piperazine rings is 1. The third kappa shape index (κ3) is 2.80. The van der Waals surface area contributed by atoms with Crippen molar-refractivity contribution >= 4 is 5.97 Å². The van der Waals surface area contributed by atoms with E-state index in [1.807, 2.05) is 23.1 Å². The molecule has 2 N–H and O–H groups in total. The van der Waals surface area contributed by atoms with Crippen LogP contribution in [0.5, 0.6) is 5.75 Å². The Morgan fingerprint density at radius 3 is 2.78 bits per heavy atom. The van der Waals surface area contributed by atoms with Gasteiger partial charge in [-0.15, -0.1) is 0 Å². The number of hydrogen-bond acceptors (Lipinski definition) is 4. The Hall–Kier alpha value is -1.59. The summed E-state index contributed by atoms with van der Waals surface area (Å²) in [5.74, 6) is -0.126. The number of nitrogens with zero attached hydrogens (tertiary/aromatic N) is 1. The summed E-state index contributed by atoms with van der Waals surface area (Å²) in [6.45, 7) is 3.14. The molecule has 1 saturated heterocycles. The molecule has 5 heteroatoms. The summed E-state index contributed by atoms with van der Waals surface area (Å²) in [7, 11) is 1.58. The van der Waals surface area contributed by atoms with Crippen LogP contribution in [0.1, 0.15) is 11.6 Å². The molecule has 1 aromatic carbocycles. The van der Waals surface area contributed by atoms with Crippen molar-refractivity contribution in [3.05, 3.63) is 29.8 Å². The Balaban J connectivity index is 2.25. The highest BCUT2D eigenvalue weighted by Gasteiger charge is 2.28. The van der Waals surface area contributed by atoms with Gasteiger partial charge in [-0.05, 0) is 17.7 Å². The highest BCUT2D eigenvalue weighted by atomic mass is 16.5. The first-order chi connectivity index (χ1) is 8.72. The van der Waals surface area contributed by atoms with Crippen molar-refractivity contribution < 1.29 is 14.6 Å². The van der Waals surface area contributed by atoms with Crippen LogP contribution in [0.2, 0.25) is 0 Å². The molecule has 5 nitrogen and oxygen atoms in total. The zero-order chi connectivity index (χ0) is 13.0. The van der Waals surface area contributed by atoms with Crippen LogP contribution < -0.4 is 10.1 Å². The van der Waals surface area contributed by atoms with Crippen LogP contribution in [-0.2, 0) is 4.79 Å². The molecule has 0 unspecified atom stereocenters. The summed E-state index contributed by atoms with van der Waals surface area (Å²) in [5.41, 5.74) is 0.767. The summed E-state index contributed by atoms with van der Waals surface area (Å²) in [5, 5.41) is 12.7. The fourth-order valence-electron chi connectivity index (χ4n) is 2.26. The minimum Gasteiger partial charge on any atom is -0.497 e. The van der Waals surface area contributed by atoms with E-state index in [0.29, 0.717) is 5.75 Å². The summed E-state index contributed by atoms with van der Waals surface area (Å²) in [6.07, 6.45) is 0. The number of methoxy groups -OCH3 is 1. The van der Waals surface area contributed by atoms with Gasteiger partial charge in [-0.1, -0.05) is 12.1 Å². The molecule has 1 heterocycles. The number of ether oxygens (including phenoxy) is 1. The zero-order valence-electron chi connectivity index (χ0n) is 10.4. The topological polar surface area (TPSA) is 61.8 Å². The quantitative estimate of drug-likeness (QED) is 0.824. The van der Waals surface area contributed by atoms with Gasteiger partial charge in [0.05, 0.1) is 7.11 Å². The van der Waals surface area contributed by atoms with Gasteiger partial charge in [-0.2, -0.15) is 0 Å². The number of benzene rings is 1. The van der Waals surface area contributed by atoms with Crippen LogP contribution >= 0.6 is 0 Å². The molecule has 1 atom stereocenters. The molecule has 0 amide bonds. The van der Waals surface area contributed by atoms with Gasteiger partial charge in [0.2, 0.25) is 0 Å². The average Bonchev–Trinajstić information content (AvgIpc) is 2.40. The fourth-order valence-corrected chi connectivity index (χ4v) is 2.26. The van der Waals surface area contributed by atoms with Crippen LogP contribution in [0.4, 0.5) is 0 Å². The Kier molecular flexibility index (Phi) is 4.17. The normalized spacial score (nSPS) is 18.3. The Morgan fingerprint density at radius 1 is 1.44 bits per heavy atom. The molecule has 1 aliphatic heterocycles. The molecule has 0 aromatic heterocycles. The molecule has 98 valence electrons. The average molecular weight is 250 g/mol. The fraction of sp³-hybridized carbons (Fsp3) is 0.462. The van der Waals surface area contributed by atoms with E-state index in [4.69, 9.17) is 4.74 Å². The van der Waals surface area contributed by atoms with Crippen molar-refractivity contribution in [2.45, 2.75) is 6.04 Å². The number of carboxylic acids is 1. The van der Waals surface area contributed by atoms with Crippen molar-refractivity contribution in [2.24, 2.45) is 0 Å². The van der Waals surface area contributed by atoms with Crippen molar-refractivity contribution in [3.8, 4) is 5.75 Å². The van der Waals surface area contributed by atoms with E-state index in [1.165, 1.54) is 0 Å². The van der Waals surface area contributed by atoms with Crippen LogP contribution in [0.15, 0.2) is 24.3 Å². The van der Waals surface area contributed by atoms with Gasteiger partial charge >= 0.3 is 5.97 Å². The van der Waals surface area contributed by atoms with Crippen LogP contribution in [0.3, 0.4) is 0 Å². The lowest BCUT2D eigenvalue weighted by Crippen LogP contribution is -2.47. The van der Waals surface area contributed by atoms with E-state index in [0.717, 1.165) is 31.7 Å². The van der Waals surface area contributed by atoms with Crippen LogP contribution in [-0.4, -0.2) is 49.3 Å². The molecule has 1 aliphatic rings. The van der Waals surface area contributed by atoms with E-state index >= 15 is 0 Å². The number of carboxylic acid groups (broad SMARTS) is 1. The molecular formula is C13H18N2O3. The van der Waals surface area contributed by atoms with Gasteiger partial charge in [0.15, 0.2) is 0 Å². The number of nitrogens with one attached hydrogen (secondary N) is 1. The monoisotopic (exact) mass is 250 g/mol. The Morgan fingerprint density at radius 2 is 2.17 bits per heavy atom. The van der Waals surface area contributed by atoms with Crippen molar-refractivity contribution in [2.75, 3.05) is 33.3 Å². The Labute approximate surface area is 106 Å². The zero-order valence-corrected chi connectivity index (χ0v) is 10.4. The second kappa shape index (κ2) is 5.84. The molecule has 2 rings (SSSR count). The van der Waals surface area contributed by atoms with Crippen molar-refractivity contribution in [3.63, 3.8) is 0 Å². The lowest BCUT2D eigenvalue weighted by Gasteiger charge is -2.32. The first-order valence-corrected chi connectivity index (χ1v) is 6.04. The Bertz CT molecular complexity index is 416. The first-order valence-electron chi connectivity index (χ1n) is 6.04. The molecule has 1 fully saturated rings. The van der Waals surface area contributed by atoms with Gasteiger partial charge in [0.25, 0.3) is 0 Å². The minimum absolute atomic E-state index is 0.595. The number of rotatable bonds is 4. The number of hydrogen-bond donors (Lipinski definition) is 2. The number of aliphatic carboxylic acids is 1. The maximum Gasteiger partial charge on any atom is 0.325 e. The molecule has 0 bridgehead atoms.